The Morgan fingerprint density at radius 3 is 3.27 bits per heavy atom. The van der Waals surface area contributed by atoms with Crippen LogP contribution < -0.4 is 5.32 Å². The molecule has 0 unspecified atom stereocenters. The molecule has 0 aliphatic carbocycles. The fourth-order valence-electron chi connectivity index (χ4n) is 1.92. The van der Waals surface area contributed by atoms with Crippen molar-refractivity contribution in [2.75, 3.05) is 19.7 Å². The lowest BCUT2D eigenvalue weighted by molar-refractivity contribution is 0.0381. The number of piperidine rings is 1. The van der Waals surface area contributed by atoms with E-state index in [2.05, 4.69) is 10.3 Å². The van der Waals surface area contributed by atoms with Crippen molar-refractivity contribution in [2.24, 2.45) is 7.05 Å². The highest BCUT2D eigenvalue weighted by molar-refractivity contribution is 4.90. The average Bonchev–Trinajstić information content (AvgIpc) is 2.66. The Balaban J connectivity index is 1.68. The molecule has 4 heteroatoms. The van der Waals surface area contributed by atoms with Crippen LogP contribution in [-0.4, -0.2) is 35.4 Å². The largest absolute Gasteiger partial charge is 0.376 e. The Labute approximate surface area is 90.6 Å². The van der Waals surface area contributed by atoms with Crippen molar-refractivity contribution in [1.82, 2.24) is 14.9 Å². The van der Waals surface area contributed by atoms with Gasteiger partial charge < -0.3 is 14.6 Å². The van der Waals surface area contributed by atoms with Gasteiger partial charge in [0.15, 0.2) is 0 Å². The maximum absolute atomic E-state index is 5.80. The van der Waals surface area contributed by atoms with Crippen LogP contribution in [0.5, 0.6) is 0 Å². The van der Waals surface area contributed by atoms with Gasteiger partial charge in [0.05, 0.1) is 12.7 Å². The summed E-state index contributed by atoms with van der Waals surface area (Å²) in [6, 6.07) is 0. The molecule has 1 aromatic rings. The zero-order valence-corrected chi connectivity index (χ0v) is 9.28. The van der Waals surface area contributed by atoms with Gasteiger partial charge in [0, 0.05) is 32.4 Å². The van der Waals surface area contributed by atoms with Crippen LogP contribution >= 0.6 is 0 Å². The molecule has 0 spiro atoms. The van der Waals surface area contributed by atoms with E-state index in [-0.39, 0.29) is 0 Å². The van der Waals surface area contributed by atoms with Gasteiger partial charge in [-0.1, -0.05) is 0 Å². The Bertz CT molecular complexity index is 292. The van der Waals surface area contributed by atoms with Crippen LogP contribution in [0, 0.1) is 0 Å². The van der Waals surface area contributed by atoms with Gasteiger partial charge in [-0.05, 0) is 19.4 Å². The summed E-state index contributed by atoms with van der Waals surface area (Å²) in [5, 5.41) is 3.34. The molecule has 2 rings (SSSR count). The van der Waals surface area contributed by atoms with Crippen molar-refractivity contribution in [3.63, 3.8) is 0 Å². The van der Waals surface area contributed by atoms with Crippen LogP contribution in [0.3, 0.4) is 0 Å². The predicted molar refractivity (Wildman–Crippen MR) is 58.8 cm³/mol. The van der Waals surface area contributed by atoms with Gasteiger partial charge in [-0.3, -0.25) is 0 Å². The first kappa shape index (κ1) is 10.6. The number of hydrogen-bond acceptors (Lipinski definition) is 3. The minimum absolute atomic E-state index is 0.402. The van der Waals surface area contributed by atoms with Crippen LogP contribution in [0.25, 0.3) is 0 Å². The average molecular weight is 209 g/mol. The van der Waals surface area contributed by atoms with Crippen molar-refractivity contribution < 1.29 is 4.74 Å². The van der Waals surface area contributed by atoms with Gasteiger partial charge in [0.2, 0.25) is 0 Å². The fraction of sp³-hybridized carbons (Fsp3) is 0.727. The van der Waals surface area contributed by atoms with Gasteiger partial charge in [0.1, 0.15) is 5.82 Å². The number of rotatable bonds is 4. The molecule has 0 bridgehead atoms. The summed E-state index contributed by atoms with van der Waals surface area (Å²) in [7, 11) is 2.02. The Hall–Kier alpha value is -0.870. The van der Waals surface area contributed by atoms with Crippen molar-refractivity contribution in [1.29, 1.82) is 0 Å². The van der Waals surface area contributed by atoms with Gasteiger partial charge in [-0.2, -0.15) is 0 Å². The summed E-state index contributed by atoms with van der Waals surface area (Å²) in [5.41, 5.74) is 0. The van der Waals surface area contributed by atoms with E-state index in [1.165, 1.54) is 12.8 Å². The second-order valence-corrected chi connectivity index (χ2v) is 4.04. The molecule has 0 aromatic carbocycles. The second kappa shape index (κ2) is 5.28. The van der Waals surface area contributed by atoms with Crippen molar-refractivity contribution in [2.45, 2.75) is 25.4 Å². The summed E-state index contributed by atoms with van der Waals surface area (Å²) in [4.78, 5) is 4.27. The lowest BCUT2D eigenvalue weighted by atomic mass is 10.1. The molecule has 15 heavy (non-hydrogen) atoms. The Morgan fingerprint density at radius 1 is 1.67 bits per heavy atom. The summed E-state index contributed by atoms with van der Waals surface area (Å²) in [6.45, 7) is 2.91. The number of imidazole rings is 1. The minimum atomic E-state index is 0.402. The first-order valence-electron chi connectivity index (χ1n) is 5.65. The number of aryl methyl sites for hydroxylation is 1. The zero-order valence-electron chi connectivity index (χ0n) is 9.28. The molecular weight excluding hydrogens is 190 g/mol. The lowest BCUT2D eigenvalue weighted by Gasteiger charge is -2.22. The number of nitrogens with zero attached hydrogens (tertiary/aromatic N) is 2. The molecule has 0 radical (unpaired) electrons. The first-order valence-corrected chi connectivity index (χ1v) is 5.65. The molecule has 0 saturated carbocycles. The van der Waals surface area contributed by atoms with Crippen molar-refractivity contribution in [3.8, 4) is 0 Å². The predicted octanol–water partition coefficient (Wildman–Crippen LogP) is 0.731. The number of nitrogens with one attached hydrogen (secondary N) is 1. The molecule has 1 aliphatic rings. The van der Waals surface area contributed by atoms with Crippen LogP contribution in [-0.2, 0) is 18.2 Å². The Kier molecular flexibility index (Phi) is 3.75. The SMILES string of the molecule is Cn1ccnc1CCO[C@H]1CCCNC1. The summed E-state index contributed by atoms with van der Waals surface area (Å²) < 4.78 is 7.84. The second-order valence-electron chi connectivity index (χ2n) is 4.04. The van der Waals surface area contributed by atoms with Gasteiger partial charge in [0.25, 0.3) is 0 Å². The molecule has 1 aliphatic heterocycles. The lowest BCUT2D eigenvalue weighted by Crippen LogP contribution is -2.35. The topological polar surface area (TPSA) is 39.1 Å². The van der Waals surface area contributed by atoms with E-state index >= 15 is 0 Å². The molecule has 1 aromatic heterocycles. The standard InChI is InChI=1S/C11H19N3O/c1-14-7-6-13-11(14)4-8-15-10-3-2-5-12-9-10/h6-7,10,12H,2-5,8-9H2,1H3/t10-/m0/s1. The van der Waals surface area contributed by atoms with Gasteiger partial charge >= 0.3 is 0 Å². The summed E-state index contributed by atoms with van der Waals surface area (Å²) in [5.74, 6) is 1.10. The van der Waals surface area contributed by atoms with Gasteiger partial charge in [-0.15, -0.1) is 0 Å². The Morgan fingerprint density at radius 2 is 2.60 bits per heavy atom. The van der Waals surface area contributed by atoms with Crippen LogP contribution in [0.15, 0.2) is 12.4 Å². The highest BCUT2D eigenvalue weighted by atomic mass is 16.5. The normalized spacial score (nSPS) is 21.8. The maximum Gasteiger partial charge on any atom is 0.110 e. The third-order valence-electron chi connectivity index (χ3n) is 2.85. The highest BCUT2D eigenvalue weighted by Gasteiger charge is 2.12. The molecule has 1 saturated heterocycles. The fourth-order valence-corrected chi connectivity index (χ4v) is 1.92. The molecule has 1 atom stereocenters. The maximum atomic E-state index is 5.80. The molecular formula is C11H19N3O. The van der Waals surface area contributed by atoms with Crippen LogP contribution in [0.4, 0.5) is 0 Å². The van der Waals surface area contributed by atoms with Crippen molar-refractivity contribution in [3.05, 3.63) is 18.2 Å². The molecule has 2 heterocycles. The monoisotopic (exact) mass is 209 g/mol. The molecule has 1 N–H and O–H groups in total. The third-order valence-corrected chi connectivity index (χ3v) is 2.85. The van der Waals surface area contributed by atoms with Crippen LogP contribution in [0.2, 0.25) is 0 Å². The van der Waals surface area contributed by atoms with E-state index in [0.29, 0.717) is 6.10 Å². The molecule has 4 nitrogen and oxygen atoms in total. The number of aromatic nitrogens is 2. The van der Waals surface area contributed by atoms with E-state index in [1.54, 1.807) is 0 Å². The summed E-state index contributed by atoms with van der Waals surface area (Å²) in [6.07, 6.45) is 7.52. The zero-order chi connectivity index (χ0) is 10.5. The van der Waals surface area contributed by atoms with E-state index in [1.807, 2.05) is 24.0 Å². The van der Waals surface area contributed by atoms with E-state index < -0.39 is 0 Å². The quantitative estimate of drug-likeness (QED) is 0.794. The van der Waals surface area contributed by atoms with Crippen LogP contribution in [0.1, 0.15) is 18.7 Å². The summed E-state index contributed by atoms with van der Waals surface area (Å²) >= 11 is 0. The highest BCUT2D eigenvalue weighted by Crippen LogP contribution is 2.06. The number of ether oxygens (including phenoxy) is 1. The van der Waals surface area contributed by atoms with E-state index in [0.717, 1.165) is 31.9 Å². The molecule has 1 fully saturated rings. The third kappa shape index (κ3) is 3.04. The minimum Gasteiger partial charge on any atom is -0.376 e. The number of hydrogen-bond donors (Lipinski definition) is 1. The first-order chi connectivity index (χ1) is 7.36. The van der Waals surface area contributed by atoms with E-state index in [9.17, 15) is 0 Å². The smallest absolute Gasteiger partial charge is 0.110 e. The van der Waals surface area contributed by atoms with E-state index in [4.69, 9.17) is 4.74 Å². The molecule has 0 amide bonds. The molecule has 84 valence electrons. The van der Waals surface area contributed by atoms with Gasteiger partial charge in [-0.25, -0.2) is 4.98 Å². The van der Waals surface area contributed by atoms with Crippen molar-refractivity contribution >= 4 is 0 Å².